The van der Waals surface area contributed by atoms with E-state index in [0.717, 1.165) is 4.88 Å². The summed E-state index contributed by atoms with van der Waals surface area (Å²) in [7, 11) is 2.87. The SMILES string of the molecule is CCOc1cc(C(=O)NC(CC(=O)OC)c2cccs2)ccc1OC. The van der Waals surface area contributed by atoms with E-state index in [-0.39, 0.29) is 18.3 Å². The second-order valence-corrected chi connectivity index (χ2v) is 6.10. The molecular formula is C18H21NO5S. The van der Waals surface area contributed by atoms with Gasteiger partial charge in [-0.25, -0.2) is 0 Å². The van der Waals surface area contributed by atoms with Gasteiger partial charge in [-0.15, -0.1) is 11.3 Å². The molecule has 2 rings (SSSR count). The Kier molecular flexibility index (Phi) is 6.82. The van der Waals surface area contributed by atoms with Crippen LogP contribution in [0.5, 0.6) is 11.5 Å². The molecule has 7 heteroatoms. The van der Waals surface area contributed by atoms with E-state index >= 15 is 0 Å². The highest BCUT2D eigenvalue weighted by molar-refractivity contribution is 7.10. The third kappa shape index (κ3) is 4.96. The van der Waals surface area contributed by atoms with Crippen molar-refractivity contribution in [2.45, 2.75) is 19.4 Å². The molecule has 0 saturated carbocycles. The van der Waals surface area contributed by atoms with Crippen LogP contribution in [0.15, 0.2) is 35.7 Å². The Hall–Kier alpha value is -2.54. The van der Waals surface area contributed by atoms with Crippen molar-refractivity contribution in [2.24, 2.45) is 0 Å². The minimum atomic E-state index is -0.447. The average Bonchev–Trinajstić information content (AvgIpc) is 3.15. The lowest BCUT2D eigenvalue weighted by Gasteiger charge is -2.17. The predicted octanol–water partition coefficient (Wildman–Crippen LogP) is 3.19. The standard InChI is InChI=1S/C18H21NO5S/c1-4-24-15-10-12(7-8-14(15)22-2)18(21)19-13(11-17(20)23-3)16-6-5-9-25-16/h5-10,13H,4,11H2,1-3H3,(H,19,21). The van der Waals surface area contributed by atoms with Crippen molar-refractivity contribution in [1.29, 1.82) is 0 Å². The van der Waals surface area contributed by atoms with Gasteiger partial charge < -0.3 is 19.5 Å². The van der Waals surface area contributed by atoms with Crippen LogP contribution in [0.1, 0.15) is 34.6 Å². The van der Waals surface area contributed by atoms with Crippen LogP contribution in [0.3, 0.4) is 0 Å². The van der Waals surface area contributed by atoms with Gasteiger partial charge in [0.05, 0.1) is 33.3 Å². The molecule has 1 aromatic heterocycles. The van der Waals surface area contributed by atoms with Crippen LogP contribution < -0.4 is 14.8 Å². The highest BCUT2D eigenvalue weighted by atomic mass is 32.1. The number of esters is 1. The molecule has 1 heterocycles. The normalized spacial score (nSPS) is 11.5. The number of thiophene rings is 1. The van der Waals surface area contributed by atoms with Crippen LogP contribution in [0.25, 0.3) is 0 Å². The molecule has 0 aliphatic heterocycles. The number of carbonyl (C=O) groups excluding carboxylic acids is 2. The summed E-state index contributed by atoms with van der Waals surface area (Å²) >= 11 is 1.47. The molecule has 1 amide bonds. The van der Waals surface area contributed by atoms with Gasteiger partial charge in [0.15, 0.2) is 11.5 Å². The summed E-state index contributed by atoms with van der Waals surface area (Å²) in [5, 5.41) is 4.78. The summed E-state index contributed by atoms with van der Waals surface area (Å²) in [6.07, 6.45) is 0.0667. The molecule has 0 spiro atoms. The van der Waals surface area contributed by atoms with Gasteiger partial charge in [-0.2, -0.15) is 0 Å². The van der Waals surface area contributed by atoms with Gasteiger partial charge in [-0.3, -0.25) is 9.59 Å². The van der Waals surface area contributed by atoms with Crippen molar-refractivity contribution in [1.82, 2.24) is 5.32 Å². The summed E-state index contributed by atoms with van der Waals surface area (Å²) < 4.78 is 15.4. The number of carbonyl (C=O) groups is 2. The van der Waals surface area contributed by atoms with Crippen LogP contribution in [0.2, 0.25) is 0 Å². The maximum atomic E-state index is 12.6. The lowest BCUT2D eigenvalue weighted by atomic mass is 10.1. The van der Waals surface area contributed by atoms with Crippen LogP contribution >= 0.6 is 11.3 Å². The summed E-state index contributed by atoms with van der Waals surface area (Å²) in [6.45, 7) is 2.32. The molecule has 1 aromatic carbocycles. The van der Waals surface area contributed by atoms with Crippen molar-refractivity contribution in [2.75, 3.05) is 20.8 Å². The molecule has 1 N–H and O–H groups in total. The Morgan fingerprint density at radius 1 is 1.20 bits per heavy atom. The summed E-state index contributed by atoms with van der Waals surface area (Å²) in [4.78, 5) is 25.2. The predicted molar refractivity (Wildman–Crippen MR) is 95.3 cm³/mol. The number of benzene rings is 1. The molecule has 0 aliphatic rings. The summed E-state index contributed by atoms with van der Waals surface area (Å²) in [5.74, 6) is 0.371. The molecule has 0 radical (unpaired) electrons. The number of amides is 1. The zero-order valence-electron chi connectivity index (χ0n) is 14.4. The van der Waals surface area contributed by atoms with E-state index in [1.54, 1.807) is 25.3 Å². The first-order valence-corrected chi connectivity index (χ1v) is 8.68. The number of rotatable bonds is 8. The largest absolute Gasteiger partial charge is 0.493 e. The average molecular weight is 363 g/mol. The Balaban J connectivity index is 2.20. The summed E-state index contributed by atoms with van der Waals surface area (Å²) in [5.41, 5.74) is 0.427. The first-order chi connectivity index (χ1) is 12.1. The number of nitrogens with one attached hydrogen (secondary N) is 1. The number of methoxy groups -OCH3 is 2. The van der Waals surface area contributed by atoms with Crippen LogP contribution in [-0.4, -0.2) is 32.7 Å². The third-order valence-electron chi connectivity index (χ3n) is 3.52. The van der Waals surface area contributed by atoms with Crippen LogP contribution in [-0.2, 0) is 9.53 Å². The Morgan fingerprint density at radius 2 is 2.00 bits per heavy atom. The first-order valence-electron chi connectivity index (χ1n) is 7.81. The second-order valence-electron chi connectivity index (χ2n) is 5.12. The van der Waals surface area contributed by atoms with Crippen molar-refractivity contribution in [3.8, 4) is 11.5 Å². The third-order valence-corrected chi connectivity index (χ3v) is 4.50. The van der Waals surface area contributed by atoms with E-state index in [1.807, 2.05) is 24.4 Å². The molecule has 0 bridgehead atoms. The molecule has 1 atom stereocenters. The fourth-order valence-electron chi connectivity index (χ4n) is 2.29. The van der Waals surface area contributed by atoms with E-state index in [4.69, 9.17) is 14.2 Å². The lowest BCUT2D eigenvalue weighted by Crippen LogP contribution is -2.30. The van der Waals surface area contributed by atoms with Gasteiger partial charge in [-0.05, 0) is 36.6 Å². The number of hydrogen-bond donors (Lipinski definition) is 1. The Morgan fingerprint density at radius 3 is 2.60 bits per heavy atom. The van der Waals surface area contributed by atoms with Gasteiger partial charge in [-0.1, -0.05) is 6.07 Å². The molecule has 134 valence electrons. The monoisotopic (exact) mass is 363 g/mol. The van der Waals surface area contributed by atoms with Crippen molar-refractivity contribution < 1.29 is 23.8 Å². The maximum Gasteiger partial charge on any atom is 0.307 e. The van der Waals surface area contributed by atoms with Gasteiger partial charge >= 0.3 is 5.97 Å². The molecule has 1 unspecified atom stereocenters. The molecule has 0 fully saturated rings. The van der Waals surface area contributed by atoms with E-state index in [1.165, 1.54) is 18.4 Å². The maximum absolute atomic E-state index is 12.6. The minimum absolute atomic E-state index is 0.0667. The lowest BCUT2D eigenvalue weighted by molar-refractivity contribution is -0.141. The van der Waals surface area contributed by atoms with E-state index in [9.17, 15) is 9.59 Å². The van der Waals surface area contributed by atoms with Crippen LogP contribution in [0, 0.1) is 0 Å². The molecule has 2 aromatic rings. The molecule has 0 saturated heterocycles. The van der Waals surface area contributed by atoms with Crippen molar-refractivity contribution >= 4 is 23.2 Å². The summed E-state index contributed by atoms with van der Waals surface area (Å²) in [6, 6.07) is 8.26. The topological polar surface area (TPSA) is 73.9 Å². The second kappa shape index (κ2) is 9.08. The molecule has 0 aliphatic carbocycles. The highest BCUT2D eigenvalue weighted by Crippen LogP contribution is 2.29. The highest BCUT2D eigenvalue weighted by Gasteiger charge is 2.21. The first kappa shape index (κ1) is 18.8. The van der Waals surface area contributed by atoms with Gasteiger partial charge in [0.25, 0.3) is 5.91 Å². The minimum Gasteiger partial charge on any atom is -0.493 e. The zero-order chi connectivity index (χ0) is 18.2. The Labute approximate surface area is 150 Å². The smallest absolute Gasteiger partial charge is 0.307 e. The van der Waals surface area contributed by atoms with Gasteiger partial charge in [0.2, 0.25) is 0 Å². The fourth-order valence-corrected chi connectivity index (χ4v) is 3.07. The van der Waals surface area contributed by atoms with E-state index in [0.29, 0.717) is 23.7 Å². The molecular weight excluding hydrogens is 342 g/mol. The fraction of sp³-hybridized carbons (Fsp3) is 0.333. The quantitative estimate of drug-likeness (QED) is 0.729. The van der Waals surface area contributed by atoms with E-state index in [2.05, 4.69) is 5.32 Å². The molecule has 25 heavy (non-hydrogen) atoms. The zero-order valence-corrected chi connectivity index (χ0v) is 15.2. The van der Waals surface area contributed by atoms with Crippen molar-refractivity contribution in [3.63, 3.8) is 0 Å². The van der Waals surface area contributed by atoms with Gasteiger partial charge in [0, 0.05) is 10.4 Å². The Bertz CT molecular complexity index is 714. The van der Waals surface area contributed by atoms with Crippen molar-refractivity contribution in [3.05, 3.63) is 46.2 Å². The number of ether oxygens (including phenoxy) is 3. The van der Waals surface area contributed by atoms with E-state index < -0.39 is 6.04 Å². The molecule has 6 nitrogen and oxygen atoms in total. The van der Waals surface area contributed by atoms with Crippen LogP contribution in [0.4, 0.5) is 0 Å². The van der Waals surface area contributed by atoms with Gasteiger partial charge in [0.1, 0.15) is 0 Å². The number of hydrogen-bond acceptors (Lipinski definition) is 6.